The fourth-order valence-corrected chi connectivity index (χ4v) is 3.18. The van der Waals surface area contributed by atoms with Gasteiger partial charge in [-0.3, -0.25) is 0 Å². The van der Waals surface area contributed by atoms with E-state index in [0.717, 1.165) is 39.3 Å². The number of benzene rings is 2. The van der Waals surface area contributed by atoms with Crippen LogP contribution in [0.15, 0.2) is 48.5 Å². The van der Waals surface area contributed by atoms with E-state index < -0.39 is 0 Å². The Labute approximate surface area is 184 Å². The Morgan fingerprint density at radius 3 is 1.13 bits per heavy atom. The van der Waals surface area contributed by atoms with Gasteiger partial charge in [0.1, 0.15) is 0 Å². The van der Waals surface area contributed by atoms with Gasteiger partial charge in [-0.25, -0.2) is 0 Å². The second-order valence-corrected chi connectivity index (χ2v) is 8.90. The molecule has 0 radical (unpaired) electrons. The van der Waals surface area contributed by atoms with Crippen molar-refractivity contribution in [3.05, 3.63) is 70.8 Å². The van der Waals surface area contributed by atoms with Crippen molar-refractivity contribution in [1.82, 2.24) is 19.6 Å². The van der Waals surface area contributed by atoms with Crippen LogP contribution < -0.4 is 0 Å². The highest BCUT2D eigenvalue weighted by atomic mass is 15.2. The highest BCUT2D eigenvalue weighted by molar-refractivity contribution is 5.69. The molecule has 0 heterocycles. The largest absolute Gasteiger partial charge is 0.308 e. The molecular weight excluding hydrogens is 368 g/mol. The molecule has 164 valence electrons. The van der Waals surface area contributed by atoms with E-state index in [1.54, 1.807) is 0 Å². The van der Waals surface area contributed by atoms with Crippen LogP contribution in [0.1, 0.15) is 22.3 Å². The van der Waals surface area contributed by atoms with Gasteiger partial charge in [0, 0.05) is 39.3 Å². The van der Waals surface area contributed by atoms with Crippen LogP contribution in [0.2, 0.25) is 0 Å². The molecule has 0 aliphatic carbocycles. The Kier molecular flexibility index (Phi) is 10.2. The van der Waals surface area contributed by atoms with Crippen molar-refractivity contribution >= 4 is 12.2 Å². The highest BCUT2D eigenvalue weighted by Gasteiger charge is 2.02. The molecule has 2 aromatic carbocycles. The zero-order valence-corrected chi connectivity index (χ0v) is 19.8. The lowest BCUT2D eigenvalue weighted by Gasteiger charge is -2.19. The van der Waals surface area contributed by atoms with Gasteiger partial charge in [0.15, 0.2) is 0 Å². The number of hydrogen-bond acceptors (Lipinski definition) is 4. The molecule has 0 amide bonds. The first-order valence-electron chi connectivity index (χ1n) is 10.8. The predicted molar refractivity (Wildman–Crippen MR) is 132 cm³/mol. The zero-order chi connectivity index (χ0) is 21.9. The van der Waals surface area contributed by atoms with Gasteiger partial charge < -0.3 is 19.6 Å². The Balaban J connectivity index is 1.84. The standard InChI is InChI=1S/C26H40N4/c1-27(2)17-19-29(5)21-25-13-9-23(10-14-25)7-8-24-11-15-26(16-12-24)22-30(6)20-18-28(3)4/h7-16H,17-22H2,1-6H3/b8-7+. The molecule has 0 N–H and O–H groups in total. The van der Waals surface area contributed by atoms with Crippen LogP contribution in [0.4, 0.5) is 0 Å². The first kappa shape index (κ1) is 24.3. The normalized spacial score (nSPS) is 12.2. The van der Waals surface area contributed by atoms with Crippen LogP contribution in [0.5, 0.6) is 0 Å². The van der Waals surface area contributed by atoms with E-state index in [0.29, 0.717) is 0 Å². The smallest absolute Gasteiger partial charge is 0.0231 e. The first-order chi connectivity index (χ1) is 14.3. The van der Waals surface area contributed by atoms with Crippen molar-refractivity contribution in [3.8, 4) is 0 Å². The van der Waals surface area contributed by atoms with Gasteiger partial charge in [0.25, 0.3) is 0 Å². The molecule has 30 heavy (non-hydrogen) atoms. The molecular formula is C26H40N4. The monoisotopic (exact) mass is 408 g/mol. The van der Waals surface area contributed by atoms with Crippen LogP contribution >= 0.6 is 0 Å². The molecule has 0 saturated carbocycles. The Bertz CT molecular complexity index is 682. The van der Waals surface area contributed by atoms with Crippen LogP contribution in [-0.2, 0) is 13.1 Å². The molecule has 0 aliphatic heterocycles. The third kappa shape index (κ3) is 9.68. The lowest BCUT2D eigenvalue weighted by Crippen LogP contribution is -2.28. The summed E-state index contributed by atoms with van der Waals surface area (Å²) in [6, 6.07) is 17.8. The van der Waals surface area contributed by atoms with E-state index in [9.17, 15) is 0 Å². The summed E-state index contributed by atoms with van der Waals surface area (Å²) in [5.74, 6) is 0. The summed E-state index contributed by atoms with van der Waals surface area (Å²) in [7, 11) is 12.8. The molecule has 0 atom stereocenters. The molecule has 0 bridgehead atoms. The van der Waals surface area contributed by atoms with Gasteiger partial charge in [0.05, 0.1) is 0 Å². The quantitative estimate of drug-likeness (QED) is 0.495. The van der Waals surface area contributed by atoms with E-state index in [-0.39, 0.29) is 0 Å². The third-order valence-electron chi connectivity index (χ3n) is 5.19. The van der Waals surface area contributed by atoms with E-state index >= 15 is 0 Å². The van der Waals surface area contributed by atoms with Gasteiger partial charge in [-0.1, -0.05) is 60.7 Å². The van der Waals surface area contributed by atoms with Gasteiger partial charge in [-0.15, -0.1) is 0 Å². The summed E-state index contributed by atoms with van der Waals surface area (Å²) in [6.07, 6.45) is 4.38. The van der Waals surface area contributed by atoms with E-state index in [1.165, 1.54) is 22.3 Å². The van der Waals surface area contributed by atoms with E-state index in [2.05, 4.69) is 123 Å². The summed E-state index contributed by atoms with van der Waals surface area (Å²) >= 11 is 0. The van der Waals surface area contributed by atoms with Crippen LogP contribution in [-0.4, -0.2) is 88.1 Å². The maximum absolute atomic E-state index is 2.37. The van der Waals surface area contributed by atoms with Crippen molar-refractivity contribution in [2.75, 3.05) is 68.5 Å². The van der Waals surface area contributed by atoms with Crippen LogP contribution in [0.25, 0.3) is 12.2 Å². The number of rotatable bonds is 12. The Morgan fingerprint density at radius 2 is 0.833 bits per heavy atom. The lowest BCUT2D eigenvalue weighted by atomic mass is 10.1. The molecule has 4 heteroatoms. The van der Waals surface area contributed by atoms with Crippen molar-refractivity contribution < 1.29 is 0 Å². The molecule has 2 rings (SSSR count). The number of hydrogen-bond donors (Lipinski definition) is 0. The van der Waals surface area contributed by atoms with Crippen LogP contribution in [0.3, 0.4) is 0 Å². The van der Waals surface area contributed by atoms with E-state index in [4.69, 9.17) is 0 Å². The minimum atomic E-state index is 0.988. The fourth-order valence-electron chi connectivity index (χ4n) is 3.18. The summed E-state index contributed by atoms with van der Waals surface area (Å²) < 4.78 is 0. The lowest BCUT2D eigenvalue weighted by molar-refractivity contribution is 0.276. The topological polar surface area (TPSA) is 13.0 Å². The second kappa shape index (κ2) is 12.7. The first-order valence-corrected chi connectivity index (χ1v) is 10.8. The third-order valence-corrected chi connectivity index (χ3v) is 5.19. The fraction of sp³-hybridized carbons (Fsp3) is 0.462. The van der Waals surface area contributed by atoms with Gasteiger partial charge in [-0.05, 0) is 64.5 Å². The molecule has 0 aromatic heterocycles. The van der Waals surface area contributed by atoms with Crippen molar-refractivity contribution in [1.29, 1.82) is 0 Å². The average Bonchev–Trinajstić information content (AvgIpc) is 2.71. The highest BCUT2D eigenvalue weighted by Crippen LogP contribution is 2.13. The second-order valence-electron chi connectivity index (χ2n) is 8.90. The summed E-state index contributed by atoms with van der Waals surface area (Å²) in [5.41, 5.74) is 5.19. The molecule has 0 aliphatic rings. The predicted octanol–water partition coefficient (Wildman–Crippen LogP) is 3.84. The molecule has 0 unspecified atom stereocenters. The van der Waals surface area contributed by atoms with E-state index in [1.807, 2.05) is 0 Å². The minimum Gasteiger partial charge on any atom is -0.308 e. The van der Waals surface area contributed by atoms with Crippen molar-refractivity contribution in [2.24, 2.45) is 0 Å². The average molecular weight is 409 g/mol. The molecule has 2 aromatic rings. The number of nitrogens with zero attached hydrogens (tertiary/aromatic N) is 4. The van der Waals surface area contributed by atoms with Crippen LogP contribution in [0, 0.1) is 0 Å². The van der Waals surface area contributed by atoms with Gasteiger partial charge >= 0.3 is 0 Å². The molecule has 0 saturated heterocycles. The SMILES string of the molecule is CN(C)CCN(C)Cc1ccc(/C=C/c2ccc(CN(C)CCN(C)C)cc2)cc1. The summed E-state index contributed by atoms with van der Waals surface area (Å²) in [5, 5.41) is 0. The van der Waals surface area contributed by atoms with Gasteiger partial charge in [0.2, 0.25) is 0 Å². The molecule has 4 nitrogen and oxygen atoms in total. The Hall–Kier alpha value is -1.98. The maximum Gasteiger partial charge on any atom is 0.0231 e. The van der Waals surface area contributed by atoms with Gasteiger partial charge in [-0.2, -0.15) is 0 Å². The summed E-state index contributed by atoms with van der Waals surface area (Å²) in [6.45, 7) is 6.31. The minimum absolute atomic E-state index is 0.988. The Morgan fingerprint density at radius 1 is 0.500 bits per heavy atom. The number of likely N-dealkylation sites (N-methyl/N-ethyl adjacent to an activating group) is 4. The zero-order valence-electron chi connectivity index (χ0n) is 19.8. The van der Waals surface area contributed by atoms with Crippen molar-refractivity contribution in [3.63, 3.8) is 0 Å². The summed E-state index contributed by atoms with van der Waals surface area (Å²) in [4.78, 5) is 9.18. The maximum atomic E-state index is 2.37. The van der Waals surface area contributed by atoms with Crippen molar-refractivity contribution in [2.45, 2.75) is 13.1 Å². The molecule has 0 spiro atoms. The molecule has 0 fully saturated rings.